The van der Waals surface area contributed by atoms with Gasteiger partial charge in [0, 0.05) is 5.39 Å². The molecule has 0 unspecified atom stereocenters. The number of carboxylic acids is 1. The lowest BCUT2D eigenvalue weighted by Crippen LogP contribution is -2.35. The number of hydrogen-bond acceptors (Lipinski definition) is 5. The number of carbonyl (C=O) groups is 1. The smallest absolute Gasteiger partial charge is 0.291 e. The number of rotatable bonds is 3. The zero-order chi connectivity index (χ0) is 15.1. The molecule has 0 amide bonds. The second kappa shape index (κ2) is 4.62. The van der Waals surface area contributed by atoms with Gasteiger partial charge >= 0.3 is 0 Å². The Balaban J connectivity index is 2.44. The zero-order valence-corrected chi connectivity index (χ0v) is 11.5. The summed E-state index contributed by atoms with van der Waals surface area (Å²) in [5, 5.41) is 15.5. The molecule has 0 spiro atoms. The first kappa shape index (κ1) is 13.2. The number of carboxylic acid groups (broad SMARTS) is 1. The van der Waals surface area contributed by atoms with Crippen molar-refractivity contribution in [1.29, 1.82) is 0 Å². The molecule has 0 aliphatic rings. The number of nitrogens with zero attached hydrogens (tertiary/aromatic N) is 3. The highest BCUT2D eigenvalue weighted by Gasteiger charge is 2.14. The zero-order valence-electron chi connectivity index (χ0n) is 11.5. The largest absolute Gasteiger partial charge is 0.548 e. The molecule has 0 atom stereocenters. The van der Waals surface area contributed by atoms with Crippen LogP contribution in [0, 0.1) is 6.92 Å². The summed E-state index contributed by atoms with van der Waals surface area (Å²) in [4.78, 5) is 23.0. The van der Waals surface area contributed by atoms with Gasteiger partial charge in [-0.1, -0.05) is 6.07 Å². The van der Waals surface area contributed by atoms with Crippen molar-refractivity contribution in [3.63, 3.8) is 0 Å². The number of fused-ring (bicyclic) bond motifs is 3. The quantitative estimate of drug-likeness (QED) is 0.660. The molecule has 0 fully saturated rings. The fourth-order valence-corrected chi connectivity index (χ4v) is 2.51. The van der Waals surface area contributed by atoms with Crippen LogP contribution in [0.3, 0.4) is 0 Å². The van der Waals surface area contributed by atoms with Gasteiger partial charge in [-0.25, -0.2) is 4.68 Å². The molecular weight excluding hydrogens is 274 g/mol. The Labute approximate surface area is 119 Å². The molecule has 2 heterocycles. The molecule has 0 N–H and O–H groups in total. The van der Waals surface area contributed by atoms with E-state index in [0.29, 0.717) is 17.1 Å². The monoisotopic (exact) mass is 286 g/mol. The topological polar surface area (TPSA) is 88.7 Å². The Hall–Kier alpha value is -2.83. The summed E-state index contributed by atoms with van der Waals surface area (Å²) in [6.45, 7) is 1.13. The third kappa shape index (κ3) is 1.94. The van der Waals surface area contributed by atoms with Crippen molar-refractivity contribution in [1.82, 2.24) is 14.2 Å². The second-order valence-corrected chi connectivity index (χ2v) is 4.64. The van der Waals surface area contributed by atoms with E-state index in [-0.39, 0.29) is 0 Å². The van der Waals surface area contributed by atoms with Gasteiger partial charge in [0.2, 0.25) is 0 Å². The highest BCUT2D eigenvalue weighted by Crippen LogP contribution is 2.28. The predicted octanol–water partition coefficient (Wildman–Crippen LogP) is -0.284. The fraction of sp³-hybridized carbons (Fsp3) is 0.214. The molecule has 21 heavy (non-hydrogen) atoms. The molecule has 0 aliphatic carbocycles. The molecule has 0 bridgehead atoms. The predicted molar refractivity (Wildman–Crippen MR) is 73.3 cm³/mol. The van der Waals surface area contributed by atoms with Crippen LogP contribution in [0.2, 0.25) is 0 Å². The van der Waals surface area contributed by atoms with Crippen molar-refractivity contribution in [2.24, 2.45) is 0 Å². The minimum atomic E-state index is -1.36. The molecular formula is C14H12N3O4-. The minimum Gasteiger partial charge on any atom is -0.548 e. The lowest BCUT2D eigenvalue weighted by atomic mass is 10.2. The second-order valence-electron chi connectivity index (χ2n) is 4.64. The van der Waals surface area contributed by atoms with E-state index < -0.39 is 18.1 Å². The molecule has 7 nitrogen and oxygen atoms in total. The van der Waals surface area contributed by atoms with Crippen LogP contribution in [-0.2, 0) is 11.3 Å². The van der Waals surface area contributed by atoms with Crippen LogP contribution in [0.25, 0.3) is 16.4 Å². The molecule has 108 valence electrons. The van der Waals surface area contributed by atoms with Gasteiger partial charge in [0.15, 0.2) is 0 Å². The summed E-state index contributed by atoms with van der Waals surface area (Å²) in [7, 11) is 1.55. The van der Waals surface area contributed by atoms with E-state index in [1.807, 2.05) is 12.1 Å². The molecule has 3 rings (SSSR count). The molecule has 1 aromatic carbocycles. The van der Waals surface area contributed by atoms with Gasteiger partial charge in [-0.05, 0) is 25.1 Å². The number of ether oxygens (including phenoxy) is 1. The molecule has 0 saturated heterocycles. The van der Waals surface area contributed by atoms with Crippen LogP contribution in [0.1, 0.15) is 5.82 Å². The minimum absolute atomic E-state index is 0.350. The van der Waals surface area contributed by atoms with Gasteiger partial charge in [0.1, 0.15) is 17.1 Å². The molecule has 7 heteroatoms. The maximum absolute atomic E-state index is 12.3. The average Bonchev–Trinajstić information content (AvgIpc) is 2.83. The maximum Gasteiger partial charge on any atom is 0.291 e. The van der Waals surface area contributed by atoms with Crippen LogP contribution in [0.5, 0.6) is 5.75 Å². The summed E-state index contributed by atoms with van der Waals surface area (Å²) in [5.74, 6) is -0.211. The highest BCUT2D eigenvalue weighted by molar-refractivity contribution is 5.92. The Kier molecular flexibility index (Phi) is 2.90. The van der Waals surface area contributed by atoms with Crippen molar-refractivity contribution in [3.8, 4) is 5.75 Å². The number of aliphatic carboxylic acids is 1. The first-order valence-corrected chi connectivity index (χ1v) is 6.28. The van der Waals surface area contributed by atoms with E-state index in [2.05, 4.69) is 5.10 Å². The number of aryl methyl sites for hydroxylation is 1. The summed E-state index contributed by atoms with van der Waals surface area (Å²) in [6, 6.07) is 7.14. The summed E-state index contributed by atoms with van der Waals surface area (Å²) >= 11 is 0. The SMILES string of the molecule is COc1cccc2c1cc1c(=O)n(CC(=O)[O-])nc(C)n12. The van der Waals surface area contributed by atoms with Gasteiger partial charge in [0.25, 0.3) is 5.56 Å². The number of benzene rings is 1. The van der Waals surface area contributed by atoms with Gasteiger partial charge in [0.05, 0.1) is 25.1 Å². The number of methoxy groups -OCH3 is 1. The van der Waals surface area contributed by atoms with Crippen LogP contribution in [-0.4, -0.2) is 27.3 Å². The van der Waals surface area contributed by atoms with E-state index >= 15 is 0 Å². The first-order chi connectivity index (χ1) is 10.0. The Bertz CT molecular complexity index is 923. The van der Waals surface area contributed by atoms with Gasteiger partial charge in [-0.3, -0.25) is 9.20 Å². The molecule has 2 aromatic heterocycles. The summed E-state index contributed by atoms with van der Waals surface area (Å²) < 4.78 is 7.87. The molecule has 0 radical (unpaired) electrons. The Morgan fingerprint density at radius 2 is 2.14 bits per heavy atom. The standard InChI is InChI=1S/C14H13N3O4/c1-8-15-16(7-13(18)19)14(20)11-6-9-10(17(8)11)4-3-5-12(9)21-2/h3-6H,7H2,1-2H3,(H,18,19)/p-1. The van der Waals surface area contributed by atoms with Gasteiger partial charge in [-0.15, -0.1) is 0 Å². The summed E-state index contributed by atoms with van der Waals surface area (Å²) in [5.41, 5.74) is 0.651. The maximum atomic E-state index is 12.3. The van der Waals surface area contributed by atoms with E-state index in [4.69, 9.17) is 4.74 Å². The van der Waals surface area contributed by atoms with E-state index in [1.54, 1.807) is 30.6 Å². The van der Waals surface area contributed by atoms with E-state index in [9.17, 15) is 14.7 Å². The lowest BCUT2D eigenvalue weighted by Gasteiger charge is -2.09. The number of hydrogen-bond donors (Lipinski definition) is 0. The van der Waals surface area contributed by atoms with E-state index in [1.165, 1.54) is 0 Å². The molecule has 3 aromatic rings. The van der Waals surface area contributed by atoms with Crippen LogP contribution >= 0.6 is 0 Å². The van der Waals surface area contributed by atoms with Gasteiger partial charge in [-0.2, -0.15) is 5.10 Å². The lowest BCUT2D eigenvalue weighted by molar-refractivity contribution is -0.306. The summed E-state index contributed by atoms with van der Waals surface area (Å²) in [6.07, 6.45) is 0. The van der Waals surface area contributed by atoms with Crippen molar-refractivity contribution in [3.05, 3.63) is 40.4 Å². The van der Waals surface area contributed by atoms with Crippen LogP contribution < -0.4 is 15.4 Å². The van der Waals surface area contributed by atoms with Crippen LogP contribution in [0.15, 0.2) is 29.1 Å². The van der Waals surface area contributed by atoms with Crippen molar-refractivity contribution in [2.75, 3.05) is 7.11 Å². The highest BCUT2D eigenvalue weighted by atomic mass is 16.5. The van der Waals surface area contributed by atoms with Crippen molar-refractivity contribution in [2.45, 2.75) is 13.5 Å². The molecule has 0 saturated carbocycles. The molecule has 0 aliphatic heterocycles. The third-order valence-electron chi connectivity index (χ3n) is 3.35. The average molecular weight is 286 g/mol. The number of carbonyl (C=O) groups excluding carboxylic acids is 1. The fourth-order valence-electron chi connectivity index (χ4n) is 2.51. The first-order valence-electron chi connectivity index (χ1n) is 6.28. The Morgan fingerprint density at radius 3 is 2.81 bits per heavy atom. The number of aromatic nitrogens is 3. The van der Waals surface area contributed by atoms with Crippen molar-refractivity contribution >= 4 is 22.4 Å². The van der Waals surface area contributed by atoms with Gasteiger partial charge < -0.3 is 14.6 Å². The van der Waals surface area contributed by atoms with Crippen molar-refractivity contribution < 1.29 is 14.6 Å². The third-order valence-corrected chi connectivity index (χ3v) is 3.35. The van der Waals surface area contributed by atoms with Crippen LogP contribution in [0.4, 0.5) is 0 Å². The van der Waals surface area contributed by atoms with E-state index in [0.717, 1.165) is 15.6 Å². The Morgan fingerprint density at radius 1 is 1.38 bits per heavy atom. The normalized spacial score (nSPS) is 11.1.